The molecule has 0 bridgehead atoms. The quantitative estimate of drug-likeness (QED) is 0.364. The SMILES string of the molecule is CC(C)CN(Cc1ccc(F)cc1C(F)(F)F)[C@@H]1CCNC1.O=C(O)C(O)C(O)C(=O)O. The molecule has 182 valence electrons. The molecule has 0 saturated carbocycles. The minimum Gasteiger partial charge on any atom is -0.479 e. The summed E-state index contributed by atoms with van der Waals surface area (Å²) in [6.45, 7) is 6.68. The zero-order chi connectivity index (χ0) is 24.6. The van der Waals surface area contributed by atoms with Crippen molar-refractivity contribution in [2.45, 2.75) is 51.2 Å². The molecule has 1 heterocycles. The van der Waals surface area contributed by atoms with E-state index in [-0.39, 0.29) is 18.2 Å². The first-order valence-corrected chi connectivity index (χ1v) is 9.86. The lowest BCUT2D eigenvalue weighted by Crippen LogP contribution is -2.39. The van der Waals surface area contributed by atoms with Crippen molar-refractivity contribution in [3.8, 4) is 0 Å². The highest BCUT2D eigenvalue weighted by Crippen LogP contribution is 2.33. The van der Waals surface area contributed by atoms with Gasteiger partial charge in [-0.15, -0.1) is 0 Å². The van der Waals surface area contributed by atoms with Crippen molar-refractivity contribution in [2.24, 2.45) is 5.92 Å². The van der Waals surface area contributed by atoms with Crippen LogP contribution >= 0.6 is 0 Å². The number of rotatable bonds is 8. The molecule has 0 aromatic heterocycles. The summed E-state index contributed by atoms with van der Waals surface area (Å²) in [4.78, 5) is 21.6. The van der Waals surface area contributed by atoms with Gasteiger partial charge in [0.25, 0.3) is 0 Å². The summed E-state index contributed by atoms with van der Waals surface area (Å²) >= 11 is 0. The topological polar surface area (TPSA) is 130 Å². The molecule has 32 heavy (non-hydrogen) atoms. The molecule has 2 unspecified atom stereocenters. The third kappa shape index (κ3) is 8.69. The van der Waals surface area contributed by atoms with E-state index >= 15 is 0 Å². The van der Waals surface area contributed by atoms with Crippen LogP contribution in [0.4, 0.5) is 17.6 Å². The molecule has 1 saturated heterocycles. The highest BCUT2D eigenvalue weighted by Gasteiger charge is 2.35. The number of nitrogens with zero attached hydrogens (tertiary/aromatic N) is 1. The molecule has 12 heteroatoms. The van der Waals surface area contributed by atoms with Crippen LogP contribution in [-0.2, 0) is 22.3 Å². The largest absolute Gasteiger partial charge is 0.479 e. The van der Waals surface area contributed by atoms with Gasteiger partial charge in [-0.3, -0.25) is 4.90 Å². The number of hydrogen-bond acceptors (Lipinski definition) is 6. The number of benzene rings is 1. The zero-order valence-corrected chi connectivity index (χ0v) is 17.6. The molecular weight excluding hydrogens is 440 g/mol. The van der Waals surface area contributed by atoms with Crippen LogP contribution in [0.25, 0.3) is 0 Å². The average Bonchev–Trinajstić information content (AvgIpc) is 3.21. The van der Waals surface area contributed by atoms with Crippen molar-refractivity contribution in [3.05, 3.63) is 35.1 Å². The number of halogens is 4. The van der Waals surface area contributed by atoms with Crippen molar-refractivity contribution in [3.63, 3.8) is 0 Å². The second-order valence-electron chi connectivity index (χ2n) is 7.84. The molecule has 0 aliphatic carbocycles. The molecule has 2 rings (SSSR count). The van der Waals surface area contributed by atoms with Crippen LogP contribution < -0.4 is 5.32 Å². The van der Waals surface area contributed by atoms with Gasteiger partial charge < -0.3 is 25.7 Å². The molecule has 1 aromatic carbocycles. The van der Waals surface area contributed by atoms with E-state index < -0.39 is 41.7 Å². The number of aliphatic hydroxyl groups is 2. The van der Waals surface area contributed by atoms with Crippen molar-refractivity contribution in [1.29, 1.82) is 0 Å². The number of alkyl halides is 3. The van der Waals surface area contributed by atoms with Crippen LogP contribution in [0.2, 0.25) is 0 Å². The van der Waals surface area contributed by atoms with Crippen molar-refractivity contribution >= 4 is 11.9 Å². The molecule has 8 nitrogen and oxygen atoms in total. The molecule has 0 amide bonds. The number of carboxylic acids is 2. The number of hydrogen-bond donors (Lipinski definition) is 5. The van der Waals surface area contributed by atoms with Crippen LogP contribution in [0, 0.1) is 11.7 Å². The highest BCUT2D eigenvalue weighted by molar-refractivity contribution is 5.83. The second-order valence-corrected chi connectivity index (χ2v) is 7.84. The Hall–Kier alpha value is -2.28. The summed E-state index contributed by atoms with van der Waals surface area (Å²) in [5.41, 5.74) is -0.728. The van der Waals surface area contributed by atoms with Crippen LogP contribution in [-0.4, -0.2) is 75.1 Å². The normalized spacial score (nSPS) is 18.2. The maximum atomic E-state index is 13.2. The monoisotopic (exact) mass is 468 g/mol. The summed E-state index contributed by atoms with van der Waals surface area (Å²) in [5, 5.41) is 35.8. The summed E-state index contributed by atoms with van der Waals surface area (Å²) in [7, 11) is 0. The van der Waals surface area contributed by atoms with Gasteiger partial charge in [-0.05, 0) is 36.6 Å². The van der Waals surface area contributed by atoms with Crippen LogP contribution in [0.1, 0.15) is 31.4 Å². The van der Waals surface area contributed by atoms with Gasteiger partial charge in [0.05, 0.1) is 5.56 Å². The maximum Gasteiger partial charge on any atom is 0.416 e. The zero-order valence-electron chi connectivity index (χ0n) is 17.6. The van der Waals surface area contributed by atoms with Gasteiger partial charge in [-0.2, -0.15) is 13.2 Å². The predicted octanol–water partition coefficient (Wildman–Crippen LogP) is 1.54. The minimum atomic E-state index is -4.53. The van der Waals surface area contributed by atoms with Crippen LogP contribution in [0.3, 0.4) is 0 Å². The Bertz CT molecular complexity index is 751. The van der Waals surface area contributed by atoms with E-state index in [2.05, 4.69) is 10.2 Å². The summed E-state index contributed by atoms with van der Waals surface area (Å²) in [6.07, 6.45) is -8.14. The smallest absolute Gasteiger partial charge is 0.416 e. The number of carboxylic acid groups (broad SMARTS) is 2. The molecule has 1 aliphatic rings. The van der Waals surface area contributed by atoms with Gasteiger partial charge >= 0.3 is 18.1 Å². The predicted molar refractivity (Wildman–Crippen MR) is 105 cm³/mol. The second kappa shape index (κ2) is 12.1. The highest BCUT2D eigenvalue weighted by atomic mass is 19.4. The Morgan fingerprint density at radius 2 is 1.72 bits per heavy atom. The fourth-order valence-electron chi connectivity index (χ4n) is 3.20. The maximum absolute atomic E-state index is 13.2. The van der Waals surface area contributed by atoms with E-state index in [1.54, 1.807) is 0 Å². The Morgan fingerprint density at radius 1 is 1.16 bits per heavy atom. The molecule has 0 spiro atoms. The van der Waals surface area contributed by atoms with Gasteiger partial charge in [-0.1, -0.05) is 19.9 Å². The minimum absolute atomic E-state index is 0.140. The van der Waals surface area contributed by atoms with Crippen molar-refractivity contribution in [2.75, 3.05) is 19.6 Å². The van der Waals surface area contributed by atoms with Gasteiger partial charge in [0, 0.05) is 25.7 Å². The summed E-state index contributed by atoms with van der Waals surface area (Å²) in [6, 6.07) is 3.18. The first kappa shape index (κ1) is 27.8. The third-order valence-electron chi connectivity index (χ3n) is 4.71. The Balaban J connectivity index is 0.000000433. The van der Waals surface area contributed by atoms with Gasteiger partial charge in [-0.25, -0.2) is 14.0 Å². The van der Waals surface area contributed by atoms with Crippen LogP contribution in [0.15, 0.2) is 18.2 Å². The lowest BCUT2D eigenvalue weighted by Gasteiger charge is -2.31. The first-order valence-electron chi connectivity index (χ1n) is 9.86. The average molecular weight is 468 g/mol. The van der Waals surface area contributed by atoms with E-state index in [4.69, 9.17) is 20.4 Å². The van der Waals surface area contributed by atoms with E-state index in [1.165, 1.54) is 6.07 Å². The lowest BCUT2D eigenvalue weighted by atomic mass is 10.0. The molecule has 1 aliphatic heterocycles. The number of carbonyl (C=O) groups is 2. The molecule has 0 radical (unpaired) electrons. The first-order chi connectivity index (χ1) is 14.7. The van der Waals surface area contributed by atoms with E-state index in [0.717, 1.165) is 32.1 Å². The number of aliphatic hydroxyl groups excluding tert-OH is 2. The molecule has 3 atom stereocenters. The standard InChI is InChI=1S/C16H22F4N2.C4H6O6/c1-11(2)9-22(14-5-6-21-8-14)10-12-3-4-13(17)7-15(12)16(18,19)20;5-1(3(7)8)2(6)4(9)10/h3-4,7,11,14,21H,5-6,8-10H2,1-2H3;1-2,5-6H,(H,7,8)(H,9,10)/t14-;/m1./s1. The molecule has 1 aromatic rings. The Morgan fingerprint density at radius 3 is 2.12 bits per heavy atom. The fourth-order valence-corrected chi connectivity index (χ4v) is 3.20. The van der Waals surface area contributed by atoms with Gasteiger partial charge in [0.2, 0.25) is 0 Å². The Kier molecular flexibility index (Phi) is 10.5. The third-order valence-corrected chi connectivity index (χ3v) is 4.71. The van der Waals surface area contributed by atoms with Crippen molar-refractivity contribution < 1.29 is 47.6 Å². The van der Waals surface area contributed by atoms with Gasteiger partial charge in [0.1, 0.15) is 5.82 Å². The van der Waals surface area contributed by atoms with Gasteiger partial charge in [0.15, 0.2) is 12.2 Å². The molecule has 1 fully saturated rings. The lowest BCUT2D eigenvalue weighted by molar-refractivity contribution is -0.165. The summed E-state index contributed by atoms with van der Waals surface area (Å²) < 4.78 is 52.6. The van der Waals surface area contributed by atoms with E-state index in [0.29, 0.717) is 12.0 Å². The van der Waals surface area contributed by atoms with Crippen molar-refractivity contribution in [1.82, 2.24) is 10.2 Å². The number of aliphatic carboxylic acids is 2. The summed E-state index contributed by atoms with van der Waals surface area (Å²) in [5.74, 6) is -4.03. The molecule has 5 N–H and O–H groups in total. The van der Waals surface area contributed by atoms with E-state index in [1.807, 2.05) is 13.8 Å². The van der Waals surface area contributed by atoms with E-state index in [9.17, 15) is 27.2 Å². The van der Waals surface area contributed by atoms with Crippen LogP contribution in [0.5, 0.6) is 0 Å². The number of nitrogens with one attached hydrogen (secondary N) is 1. The Labute approximate surface area is 182 Å². The molecular formula is C20H28F4N2O6. The fraction of sp³-hybridized carbons (Fsp3) is 0.600.